The van der Waals surface area contributed by atoms with E-state index in [2.05, 4.69) is 28.4 Å². The second-order valence-electron chi connectivity index (χ2n) is 2.82. The zero-order chi connectivity index (χ0) is 7.68. The Labute approximate surface area is 66.0 Å². The van der Waals surface area contributed by atoms with Crippen LogP contribution in [0.3, 0.4) is 0 Å². The molecule has 0 bridgehead atoms. The van der Waals surface area contributed by atoms with E-state index in [1.807, 2.05) is 0 Å². The third-order valence-electron chi connectivity index (χ3n) is 2.16. The van der Waals surface area contributed by atoms with Crippen molar-refractivity contribution in [1.29, 1.82) is 0 Å². The molecular weight excluding hydrogens is 140 g/mol. The van der Waals surface area contributed by atoms with Gasteiger partial charge in [-0.2, -0.15) is 0 Å². The largest absolute Gasteiger partial charge is 0.393 e. The highest BCUT2D eigenvalue weighted by atomic mass is 16.3. The summed E-state index contributed by atoms with van der Waals surface area (Å²) in [5, 5.41) is 12.2. The van der Waals surface area contributed by atoms with Crippen molar-refractivity contribution >= 4 is 0 Å². The molecule has 0 aromatic carbocycles. The Bertz CT molecular complexity index is 210. The van der Waals surface area contributed by atoms with E-state index in [1.165, 1.54) is 5.70 Å². The lowest BCUT2D eigenvalue weighted by Gasteiger charge is -2.25. The summed E-state index contributed by atoms with van der Waals surface area (Å²) >= 11 is 0. The van der Waals surface area contributed by atoms with Gasteiger partial charge in [-0.15, -0.1) is 0 Å². The Balaban J connectivity index is 2.15. The first-order valence-corrected chi connectivity index (χ1v) is 3.88. The number of aliphatic hydroxyl groups excluding tert-OH is 1. The fourth-order valence-corrected chi connectivity index (χ4v) is 1.55. The fourth-order valence-electron chi connectivity index (χ4n) is 1.55. The quantitative estimate of drug-likeness (QED) is 0.540. The molecule has 2 N–H and O–H groups in total. The molecule has 1 unspecified atom stereocenters. The standard InChI is InChI=1S/C8H12N2O/c11-6-8-9-5-7-3-1-2-4-10(7)8/h1-3,8-9,11H,4-6H2. The summed E-state index contributed by atoms with van der Waals surface area (Å²) in [7, 11) is 0. The molecule has 0 aromatic heterocycles. The highest BCUT2D eigenvalue weighted by Crippen LogP contribution is 2.17. The fraction of sp³-hybridized carbons (Fsp3) is 0.500. The van der Waals surface area contributed by atoms with Crippen molar-refractivity contribution in [2.24, 2.45) is 0 Å². The molecule has 2 rings (SSSR count). The summed E-state index contributed by atoms with van der Waals surface area (Å²) < 4.78 is 0. The van der Waals surface area contributed by atoms with Gasteiger partial charge in [-0.25, -0.2) is 0 Å². The molecule has 3 heteroatoms. The van der Waals surface area contributed by atoms with Crippen LogP contribution >= 0.6 is 0 Å². The maximum atomic E-state index is 8.95. The average Bonchev–Trinajstić information content (AvgIpc) is 2.47. The Kier molecular flexibility index (Phi) is 1.68. The number of hydrogen-bond donors (Lipinski definition) is 2. The number of fused-ring (bicyclic) bond motifs is 1. The Hall–Kier alpha value is -0.800. The molecule has 2 aliphatic rings. The molecule has 11 heavy (non-hydrogen) atoms. The van der Waals surface area contributed by atoms with Crippen LogP contribution in [0.15, 0.2) is 23.9 Å². The number of aliphatic hydroxyl groups is 1. The summed E-state index contributed by atoms with van der Waals surface area (Å²) in [6.07, 6.45) is 6.38. The summed E-state index contributed by atoms with van der Waals surface area (Å²) in [6, 6.07) is 0. The number of allylic oxidation sites excluding steroid dienone is 2. The Morgan fingerprint density at radius 1 is 1.73 bits per heavy atom. The van der Waals surface area contributed by atoms with Gasteiger partial charge in [0, 0.05) is 18.8 Å². The van der Waals surface area contributed by atoms with Gasteiger partial charge < -0.3 is 10.0 Å². The van der Waals surface area contributed by atoms with Crippen LogP contribution in [-0.4, -0.2) is 35.9 Å². The molecule has 0 saturated carbocycles. The van der Waals surface area contributed by atoms with E-state index in [-0.39, 0.29) is 12.8 Å². The molecule has 0 aromatic rings. The maximum Gasteiger partial charge on any atom is 0.103 e. The van der Waals surface area contributed by atoms with E-state index in [0.717, 1.165) is 13.1 Å². The number of nitrogens with one attached hydrogen (secondary N) is 1. The van der Waals surface area contributed by atoms with E-state index in [9.17, 15) is 0 Å². The summed E-state index contributed by atoms with van der Waals surface area (Å²) in [6.45, 7) is 1.99. The molecule has 2 heterocycles. The monoisotopic (exact) mass is 152 g/mol. The van der Waals surface area contributed by atoms with Gasteiger partial charge in [-0.05, 0) is 6.08 Å². The van der Waals surface area contributed by atoms with Crippen LogP contribution in [0, 0.1) is 0 Å². The van der Waals surface area contributed by atoms with E-state index in [1.54, 1.807) is 0 Å². The van der Waals surface area contributed by atoms with Crippen molar-refractivity contribution in [3.63, 3.8) is 0 Å². The first-order valence-electron chi connectivity index (χ1n) is 3.88. The molecule has 0 amide bonds. The first kappa shape index (κ1) is 6.88. The predicted octanol–water partition coefficient (Wildman–Crippen LogP) is -0.336. The molecule has 0 spiro atoms. The molecule has 1 atom stereocenters. The number of nitrogens with zero attached hydrogens (tertiary/aromatic N) is 1. The molecule has 60 valence electrons. The van der Waals surface area contributed by atoms with E-state index >= 15 is 0 Å². The van der Waals surface area contributed by atoms with Gasteiger partial charge in [0.1, 0.15) is 6.17 Å². The van der Waals surface area contributed by atoms with Crippen molar-refractivity contribution in [2.75, 3.05) is 19.7 Å². The van der Waals surface area contributed by atoms with Crippen molar-refractivity contribution in [3.8, 4) is 0 Å². The highest BCUT2D eigenvalue weighted by Gasteiger charge is 2.25. The lowest BCUT2D eigenvalue weighted by atomic mass is 10.2. The molecular formula is C8H12N2O. The molecule has 0 radical (unpaired) electrons. The van der Waals surface area contributed by atoms with Crippen LogP contribution in [-0.2, 0) is 0 Å². The van der Waals surface area contributed by atoms with Crippen molar-refractivity contribution in [1.82, 2.24) is 10.2 Å². The topological polar surface area (TPSA) is 35.5 Å². The first-order chi connectivity index (χ1) is 5.42. The minimum atomic E-state index is 0.131. The zero-order valence-corrected chi connectivity index (χ0v) is 6.33. The number of rotatable bonds is 1. The minimum Gasteiger partial charge on any atom is -0.393 e. The van der Waals surface area contributed by atoms with E-state index in [0.29, 0.717) is 0 Å². The molecule has 2 aliphatic heterocycles. The second kappa shape index (κ2) is 2.68. The van der Waals surface area contributed by atoms with E-state index in [4.69, 9.17) is 5.11 Å². The number of hydrogen-bond acceptors (Lipinski definition) is 3. The minimum absolute atomic E-state index is 0.131. The lowest BCUT2D eigenvalue weighted by molar-refractivity contribution is 0.171. The smallest absolute Gasteiger partial charge is 0.103 e. The molecule has 1 fully saturated rings. The van der Waals surface area contributed by atoms with Crippen LogP contribution < -0.4 is 5.32 Å². The third kappa shape index (κ3) is 1.06. The van der Waals surface area contributed by atoms with Crippen LogP contribution in [0.25, 0.3) is 0 Å². The summed E-state index contributed by atoms with van der Waals surface area (Å²) in [4.78, 5) is 2.18. The van der Waals surface area contributed by atoms with Crippen LogP contribution in [0.4, 0.5) is 0 Å². The Morgan fingerprint density at radius 2 is 2.64 bits per heavy atom. The lowest BCUT2D eigenvalue weighted by Crippen LogP contribution is -2.38. The van der Waals surface area contributed by atoms with E-state index < -0.39 is 0 Å². The van der Waals surface area contributed by atoms with Crippen molar-refractivity contribution < 1.29 is 5.11 Å². The van der Waals surface area contributed by atoms with Gasteiger partial charge >= 0.3 is 0 Å². The molecule has 1 saturated heterocycles. The van der Waals surface area contributed by atoms with Crippen LogP contribution in [0.1, 0.15) is 0 Å². The maximum absolute atomic E-state index is 8.95. The normalized spacial score (nSPS) is 28.6. The second-order valence-corrected chi connectivity index (χ2v) is 2.82. The summed E-state index contributed by atoms with van der Waals surface area (Å²) in [5.74, 6) is 0. The van der Waals surface area contributed by atoms with Crippen LogP contribution in [0.2, 0.25) is 0 Å². The van der Waals surface area contributed by atoms with Gasteiger partial charge in [0.2, 0.25) is 0 Å². The average molecular weight is 152 g/mol. The summed E-state index contributed by atoms with van der Waals surface area (Å²) in [5.41, 5.74) is 1.28. The predicted molar refractivity (Wildman–Crippen MR) is 42.8 cm³/mol. The highest BCUT2D eigenvalue weighted by molar-refractivity contribution is 5.22. The SMILES string of the molecule is OCC1NCC2=CC=CCN21. The van der Waals surface area contributed by atoms with Gasteiger partial charge in [0.05, 0.1) is 6.61 Å². The van der Waals surface area contributed by atoms with Crippen molar-refractivity contribution in [3.05, 3.63) is 23.9 Å². The Morgan fingerprint density at radius 3 is 3.45 bits per heavy atom. The molecule has 0 aliphatic carbocycles. The van der Waals surface area contributed by atoms with Gasteiger partial charge in [-0.1, -0.05) is 12.2 Å². The van der Waals surface area contributed by atoms with Crippen LogP contribution in [0.5, 0.6) is 0 Å². The zero-order valence-electron chi connectivity index (χ0n) is 6.33. The van der Waals surface area contributed by atoms with Crippen molar-refractivity contribution in [2.45, 2.75) is 6.17 Å². The third-order valence-corrected chi connectivity index (χ3v) is 2.16. The van der Waals surface area contributed by atoms with Gasteiger partial charge in [0.25, 0.3) is 0 Å². The van der Waals surface area contributed by atoms with Gasteiger partial charge in [0.15, 0.2) is 0 Å². The molecule has 3 nitrogen and oxygen atoms in total. The van der Waals surface area contributed by atoms with Gasteiger partial charge in [-0.3, -0.25) is 5.32 Å².